The van der Waals surface area contributed by atoms with Gasteiger partial charge in [0.1, 0.15) is 5.78 Å². The number of Topliss-reactive ketones (excluding diaryl/α,β-unsaturated/α-hetero) is 2. The van der Waals surface area contributed by atoms with Crippen LogP contribution in [0, 0.1) is 0 Å². The quantitative estimate of drug-likeness (QED) is 0.516. The summed E-state index contributed by atoms with van der Waals surface area (Å²) in [6, 6.07) is 0. The monoisotopic (exact) mass is 170 g/mol. The van der Waals surface area contributed by atoms with Crippen molar-refractivity contribution in [3.63, 3.8) is 0 Å². The molecule has 68 valence electrons. The van der Waals surface area contributed by atoms with Gasteiger partial charge < -0.3 is 9.90 Å². The Morgan fingerprint density at radius 3 is 1.83 bits per heavy atom. The van der Waals surface area contributed by atoms with Crippen molar-refractivity contribution in [3.8, 4) is 0 Å². The largest absolute Gasteiger partial charge is 0.512 e. The van der Waals surface area contributed by atoms with Gasteiger partial charge in [0.05, 0.1) is 5.76 Å². The summed E-state index contributed by atoms with van der Waals surface area (Å²) in [6.07, 6.45) is 0.653. The molecule has 0 aliphatic heterocycles. The van der Waals surface area contributed by atoms with E-state index in [0.717, 1.165) is 0 Å². The predicted octanol–water partition coefficient (Wildman–Crippen LogP) is 1.78. The molecule has 0 aromatic heterocycles. The third-order valence-corrected chi connectivity index (χ3v) is 1.59. The molecule has 0 rings (SSSR count). The molecule has 0 unspecified atom stereocenters. The van der Waals surface area contributed by atoms with Crippen molar-refractivity contribution in [1.29, 1.82) is 0 Å². The highest BCUT2D eigenvalue weighted by Crippen LogP contribution is 2.10. The number of ketones is 2. The maximum absolute atomic E-state index is 10.9. The second kappa shape index (κ2) is 4.70. The van der Waals surface area contributed by atoms with Gasteiger partial charge in [-0.2, -0.15) is 0 Å². The molecule has 0 saturated heterocycles. The van der Waals surface area contributed by atoms with Gasteiger partial charge >= 0.3 is 0 Å². The van der Waals surface area contributed by atoms with Crippen molar-refractivity contribution >= 4 is 11.6 Å². The lowest BCUT2D eigenvalue weighted by Gasteiger charge is -2.02. The van der Waals surface area contributed by atoms with Crippen LogP contribution in [-0.2, 0) is 9.59 Å². The summed E-state index contributed by atoms with van der Waals surface area (Å²) in [6.45, 7) is 4.30. The lowest BCUT2D eigenvalue weighted by Crippen LogP contribution is -2.02. The molecule has 12 heavy (non-hydrogen) atoms. The number of hydrogen-bond donors (Lipinski definition) is 1. The highest BCUT2D eigenvalue weighted by molar-refractivity contribution is 5.94. The van der Waals surface area contributed by atoms with E-state index in [1.807, 2.05) is 0 Å². The zero-order valence-electron chi connectivity index (χ0n) is 7.68. The summed E-state index contributed by atoms with van der Waals surface area (Å²) in [5.41, 5.74) is 0.352. The third kappa shape index (κ3) is 3.91. The molecule has 1 N–H and O–H groups in total. The Labute approximate surface area is 72.1 Å². The first-order valence-corrected chi connectivity index (χ1v) is 3.84. The minimum atomic E-state index is -0.170. The molecule has 0 radical (unpaired) electrons. The van der Waals surface area contributed by atoms with Crippen LogP contribution in [0.5, 0.6) is 0 Å². The van der Waals surface area contributed by atoms with E-state index in [9.17, 15) is 9.59 Å². The van der Waals surface area contributed by atoms with Gasteiger partial charge in [-0.15, -0.1) is 0 Å². The third-order valence-electron chi connectivity index (χ3n) is 1.59. The standard InChI is InChI=1S/C9H14O3/c1-6(10)4-5-9(7(2)11)8(3)12/h11H,4-5H2,1-3H3/b9-7+. The highest BCUT2D eigenvalue weighted by atomic mass is 16.3. The normalized spacial score (nSPS) is 12.2. The van der Waals surface area contributed by atoms with Crippen LogP contribution in [0.1, 0.15) is 33.6 Å². The van der Waals surface area contributed by atoms with E-state index in [2.05, 4.69) is 0 Å². The Kier molecular flexibility index (Phi) is 4.26. The first-order chi connectivity index (χ1) is 5.45. The van der Waals surface area contributed by atoms with E-state index in [1.54, 1.807) is 0 Å². The molecule has 0 fully saturated rings. The number of hydrogen-bond acceptors (Lipinski definition) is 3. The molecule has 0 aromatic rings. The smallest absolute Gasteiger partial charge is 0.159 e. The van der Waals surface area contributed by atoms with Crippen LogP contribution in [0.3, 0.4) is 0 Å². The summed E-state index contributed by atoms with van der Waals surface area (Å²) in [5.74, 6) is -0.130. The van der Waals surface area contributed by atoms with Crippen LogP contribution in [0.15, 0.2) is 11.3 Å². The van der Waals surface area contributed by atoms with Gasteiger partial charge in [0.15, 0.2) is 5.78 Å². The molecule has 0 atom stereocenters. The average Bonchev–Trinajstić information content (AvgIpc) is 1.84. The summed E-state index contributed by atoms with van der Waals surface area (Å²) in [7, 11) is 0. The maximum atomic E-state index is 10.9. The predicted molar refractivity (Wildman–Crippen MR) is 45.9 cm³/mol. The molecule has 0 aliphatic carbocycles. The Balaban J connectivity index is 4.28. The highest BCUT2D eigenvalue weighted by Gasteiger charge is 2.08. The fourth-order valence-corrected chi connectivity index (χ4v) is 0.913. The van der Waals surface area contributed by atoms with Crippen LogP contribution >= 0.6 is 0 Å². The van der Waals surface area contributed by atoms with Gasteiger partial charge in [-0.3, -0.25) is 4.79 Å². The fourth-order valence-electron chi connectivity index (χ4n) is 0.913. The minimum absolute atomic E-state index is 0.0174. The molecule has 0 amide bonds. The van der Waals surface area contributed by atoms with Gasteiger partial charge in [-0.25, -0.2) is 0 Å². The molecule has 3 nitrogen and oxygen atoms in total. The molecular formula is C9H14O3. The summed E-state index contributed by atoms with van der Waals surface area (Å²) in [4.78, 5) is 21.4. The lowest BCUT2D eigenvalue weighted by atomic mass is 10.0. The van der Waals surface area contributed by atoms with Gasteiger partial charge in [-0.05, 0) is 27.2 Å². The molecule has 0 spiro atoms. The van der Waals surface area contributed by atoms with Gasteiger partial charge in [0.25, 0.3) is 0 Å². The number of allylic oxidation sites excluding steroid dienone is 2. The molecule has 0 heterocycles. The van der Waals surface area contributed by atoms with Crippen LogP contribution in [0.2, 0.25) is 0 Å². The topological polar surface area (TPSA) is 54.4 Å². The van der Waals surface area contributed by atoms with Crippen molar-refractivity contribution in [1.82, 2.24) is 0 Å². The van der Waals surface area contributed by atoms with Crippen LogP contribution < -0.4 is 0 Å². The van der Waals surface area contributed by atoms with Crippen molar-refractivity contribution in [2.75, 3.05) is 0 Å². The first-order valence-electron chi connectivity index (χ1n) is 3.84. The number of carbonyl (C=O) groups is 2. The molecule has 0 saturated carbocycles. The van der Waals surface area contributed by atoms with E-state index in [-0.39, 0.29) is 17.3 Å². The number of aliphatic hydroxyl groups is 1. The maximum Gasteiger partial charge on any atom is 0.159 e. The van der Waals surface area contributed by atoms with Crippen molar-refractivity contribution in [3.05, 3.63) is 11.3 Å². The number of aliphatic hydroxyl groups excluding tert-OH is 1. The van der Waals surface area contributed by atoms with Crippen molar-refractivity contribution in [2.45, 2.75) is 33.6 Å². The molecule has 3 heteroatoms. The molecule has 0 aromatic carbocycles. The minimum Gasteiger partial charge on any atom is -0.512 e. The second-order valence-corrected chi connectivity index (χ2v) is 2.82. The van der Waals surface area contributed by atoms with Crippen LogP contribution in [0.25, 0.3) is 0 Å². The van der Waals surface area contributed by atoms with Crippen molar-refractivity contribution < 1.29 is 14.7 Å². The van der Waals surface area contributed by atoms with Crippen LogP contribution in [-0.4, -0.2) is 16.7 Å². The summed E-state index contributed by atoms with van der Waals surface area (Å²) >= 11 is 0. The fraction of sp³-hybridized carbons (Fsp3) is 0.556. The SMILES string of the molecule is CC(=O)CC/C(C(C)=O)=C(/C)O. The first kappa shape index (κ1) is 10.9. The van der Waals surface area contributed by atoms with E-state index in [4.69, 9.17) is 5.11 Å². The molecule has 0 bridgehead atoms. The Morgan fingerprint density at radius 2 is 1.58 bits per heavy atom. The Morgan fingerprint density at radius 1 is 1.08 bits per heavy atom. The van der Waals surface area contributed by atoms with Gasteiger partial charge in [0, 0.05) is 12.0 Å². The summed E-state index contributed by atoms with van der Waals surface area (Å²) in [5, 5.41) is 9.04. The summed E-state index contributed by atoms with van der Waals surface area (Å²) < 4.78 is 0. The van der Waals surface area contributed by atoms with Gasteiger partial charge in [-0.1, -0.05) is 0 Å². The van der Waals surface area contributed by atoms with Crippen LogP contribution in [0.4, 0.5) is 0 Å². The lowest BCUT2D eigenvalue weighted by molar-refractivity contribution is -0.117. The van der Waals surface area contributed by atoms with E-state index in [1.165, 1.54) is 20.8 Å². The zero-order chi connectivity index (χ0) is 9.72. The van der Waals surface area contributed by atoms with E-state index < -0.39 is 0 Å². The number of rotatable bonds is 4. The zero-order valence-corrected chi connectivity index (χ0v) is 7.68. The Bertz CT molecular complexity index is 222. The van der Waals surface area contributed by atoms with E-state index in [0.29, 0.717) is 18.4 Å². The molecular weight excluding hydrogens is 156 g/mol. The number of carbonyl (C=O) groups excluding carboxylic acids is 2. The van der Waals surface area contributed by atoms with Gasteiger partial charge in [0.2, 0.25) is 0 Å². The van der Waals surface area contributed by atoms with Crippen molar-refractivity contribution in [2.24, 2.45) is 0 Å². The van der Waals surface area contributed by atoms with E-state index >= 15 is 0 Å². The second-order valence-electron chi connectivity index (χ2n) is 2.82. The Hall–Kier alpha value is -1.12. The average molecular weight is 170 g/mol. The molecule has 0 aliphatic rings.